The molecule has 2 fully saturated rings. The van der Waals surface area contributed by atoms with E-state index in [4.69, 9.17) is 4.74 Å². The van der Waals surface area contributed by atoms with Gasteiger partial charge in [-0.25, -0.2) is 0 Å². The molecule has 0 amide bonds. The minimum Gasteiger partial charge on any atom is -0.490 e. The maximum absolute atomic E-state index is 6.26. The topological polar surface area (TPSA) is 41.1 Å². The van der Waals surface area contributed by atoms with Crippen LogP contribution in [0.5, 0.6) is 5.75 Å². The monoisotopic (exact) mass is 299 g/mol. The second kappa shape index (κ2) is 6.29. The number of fused-ring (bicyclic) bond motifs is 1. The molecule has 1 aliphatic carbocycles. The smallest absolute Gasteiger partial charge is 0.120 e. The van der Waals surface area contributed by atoms with Gasteiger partial charge in [0.15, 0.2) is 0 Å². The summed E-state index contributed by atoms with van der Waals surface area (Å²) in [5.41, 5.74) is 1.07. The number of aromatic nitrogens is 2. The second-order valence-corrected chi connectivity index (χ2v) is 6.76. The Morgan fingerprint density at radius 3 is 2.86 bits per heavy atom. The maximum Gasteiger partial charge on any atom is 0.120 e. The highest BCUT2D eigenvalue weighted by Gasteiger charge is 2.26. The predicted molar refractivity (Wildman–Crippen MR) is 88.2 cm³/mol. The van der Waals surface area contributed by atoms with Crippen molar-refractivity contribution in [3.05, 3.63) is 24.4 Å². The van der Waals surface area contributed by atoms with Crippen LogP contribution >= 0.6 is 0 Å². The van der Waals surface area contributed by atoms with Gasteiger partial charge in [-0.15, -0.1) is 0 Å². The zero-order valence-corrected chi connectivity index (χ0v) is 13.1. The quantitative estimate of drug-likeness (QED) is 0.938. The van der Waals surface area contributed by atoms with Crippen molar-refractivity contribution < 1.29 is 4.74 Å². The highest BCUT2D eigenvalue weighted by Crippen LogP contribution is 2.27. The van der Waals surface area contributed by atoms with Crippen LogP contribution in [0.15, 0.2) is 24.4 Å². The normalized spacial score (nSPS) is 24.6. The summed E-state index contributed by atoms with van der Waals surface area (Å²) >= 11 is 0. The second-order valence-electron chi connectivity index (χ2n) is 6.76. The number of H-pyrrole nitrogens is 1. The summed E-state index contributed by atoms with van der Waals surface area (Å²) < 4.78 is 6.26. The first kappa shape index (κ1) is 14.1. The molecule has 1 N–H and O–H groups in total. The molecule has 2 aliphatic rings. The van der Waals surface area contributed by atoms with Crippen LogP contribution in [0.4, 0.5) is 0 Å². The first-order valence-corrected chi connectivity index (χ1v) is 8.72. The van der Waals surface area contributed by atoms with Crippen molar-refractivity contribution in [3.63, 3.8) is 0 Å². The summed E-state index contributed by atoms with van der Waals surface area (Å²) in [5.74, 6) is 0.980. The zero-order valence-electron chi connectivity index (χ0n) is 13.1. The van der Waals surface area contributed by atoms with Gasteiger partial charge >= 0.3 is 0 Å². The fraction of sp³-hybridized carbons (Fsp3) is 0.611. The van der Waals surface area contributed by atoms with Crippen molar-refractivity contribution in [1.82, 2.24) is 15.1 Å². The maximum atomic E-state index is 6.26. The summed E-state index contributed by atoms with van der Waals surface area (Å²) in [6, 6.07) is 7.05. The first-order valence-electron chi connectivity index (χ1n) is 8.72. The summed E-state index contributed by atoms with van der Waals surface area (Å²) in [5, 5.41) is 8.18. The van der Waals surface area contributed by atoms with Gasteiger partial charge in [-0.3, -0.25) is 5.10 Å². The Kier molecular flexibility index (Phi) is 4.02. The highest BCUT2D eigenvalue weighted by atomic mass is 16.5. The summed E-state index contributed by atoms with van der Waals surface area (Å²) in [6.07, 6.45) is 11.5. The molecule has 4 heteroatoms. The van der Waals surface area contributed by atoms with Gasteiger partial charge < -0.3 is 9.64 Å². The third-order valence-corrected chi connectivity index (χ3v) is 5.27. The largest absolute Gasteiger partial charge is 0.490 e. The third-order valence-electron chi connectivity index (χ3n) is 5.27. The van der Waals surface area contributed by atoms with E-state index in [0.29, 0.717) is 6.10 Å². The van der Waals surface area contributed by atoms with Crippen LogP contribution in [0.3, 0.4) is 0 Å². The Morgan fingerprint density at radius 1 is 1.05 bits per heavy atom. The van der Waals surface area contributed by atoms with Crippen LogP contribution in [0.2, 0.25) is 0 Å². The Bertz CT molecular complexity index is 618. The number of ether oxygens (including phenoxy) is 1. The van der Waals surface area contributed by atoms with Gasteiger partial charge in [0.2, 0.25) is 0 Å². The van der Waals surface area contributed by atoms with Crippen LogP contribution in [-0.2, 0) is 0 Å². The molecule has 4 rings (SSSR count). The number of benzene rings is 1. The molecule has 1 saturated carbocycles. The number of nitrogens with one attached hydrogen (secondary N) is 1. The van der Waals surface area contributed by atoms with Crippen molar-refractivity contribution in [2.45, 2.75) is 57.1 Å². The van der Waals surface area contributed by atoms with Crippen molar-refractivity contribution in [2.24, 2.45) is 0 Å². The molecule has 2 aromatic rings. The van der Waals surface area contributed by atoms with Crippen molar-refractivity contribution in [3.8, 4) is 5.75 Å². The third kappa shape index (κ3) is 2.98. The number of hydrogen-bond acceptors (Lipinski definition) is 3. The summed E-state index contributed by atoms with van der Waals surface area (Å²) in [4.78, 5) is 2.72. The number of likely N-dealkylation sites (tertiary alicyclic amines) is 1. The molecule has 22 heavy (non-hydrogen) atoms. The minimum atomic E-state index is 0.357. The summed E-state index contributed by atoms with van der Waals surface area (Å²) in [7, 11) is 0. The van der Waals surface area contributed by atoms with Crippen molar-refractivity contribution in [1.29, 1.82) is 0 Å². The lowest BCUT2D eigenvalue weighted by Crippen LogP contribution is -2.34. The Balaban J connectivity index is 1.38. The van der Waals surface area contributed by atoms with Crippen LogP contribution in [-0.4, -0.2) is 40.3 Å². The van der Waals surface area contributed by atoms with Gasteiger partial charge in [0.25, 0.3) is 0 Å². The lowest BCUT2D eigenvalue weighted by molar-refractivity contribution is 0.168. The lowest BCUT2D eigenvalue weighted by Gasteiger charge is -2.27. The van der Waals surface area contributed by atoms with Crippen molar-refractivity contribution in [2.75, 3.05) is 13.1 Å². The molecule has 1 saturated heterocycles. The molecular weight excluding hydrogens is 274 g/mol. The fourth-order valence-electron chi connectivity index (χ4n) is 4.03. The number of hydrogen-bond donors (Lipinski definition) is 1. The standard InChI is InChI=1S/C18H25N3O/c1-2-5-15(4-1)21-10-3-6-16(9-11-21)22-17-7-8-18-14(12-17)13-19-20-18/h7-8,12-13,15-16H,1-6,9-11H2,(H,19,20). The SMILES string of the molecule is c1cc2[nH]ncc2cc1OC1CCCN(C2CCCC2)CC1. The van der Waals surface area contributed by atoms with Gasteiger partial charge in [0.05, 0.1) is 17.8 Å². The van der Waals surface area contributed by atoms with Gasteiger partial charge in [0.1, 0.15) is 5.75 Å². The van der Waals surface area contributed by atoms with E-state index in [1.165, 1.54) is 51.6 Å². The molecule has 1 aliphatic heterocycles. The molecule has 118 valence electrons. The molecule has 1 aromatic heterocycles. The molecule has 1 atom stereocenters. The first-order chi connectivity index (χ1) is 10.9. The predicted octanol–water partition coefficient (Wildman–Crippen LogP) is 3.74. The van der Waals surface area contributed by atoms with Crippen LogP contribution in [0.25, 0.3) is 10.9 Å². The van der Waals surface area contributed by atoms with Gasteiger partial charge in [-0.1, -0.05) is 12.8 Å². The van der Waals surface area contributed by atoms with Crippen LogP contribution in [0.1, 0.15) is 44.9 Å². The molecule has 0 bridgehead atoms. The van der Waals surface area contributed by atoms with Gasteiger partial charge in [-0.05, 0) is 56.8 Å². The van der Waals surface area contributed by atoms with E-state index in [9.17, 15) is 0 Å². The number of rotatable bonds is 3. The highest BCUT2D eigenvalue weighted by molar-refractivity contribution is 5.79. The van der Waals surface area contributed by atoms with Gasteiger partial charge in [-0.2, -0.15) is 5.10 Å². The average molecular weight is 299 g/mol. The average Bonchev–Trinajstić information content (AvgIpc) is 3.16. The fourth-order valence-corrected chi connectivity index (χ4v) is 4.03. The minimum absolute atomic E-state index is 0.357. The van der Waals surface area contributed by atoms with E-state index in [1.54, 1.807) is 0 Å². The molecule has 0 spiro atoms. The summed E-state index contributed by atoms with van der Waals surface area (Å²) in [6.45, 7) is 2.45. The number of nitrogens with zero attached hydrogens (tertiary/aromatic N) is 2. The zero-order chi connectivity index (χ0) is 14.8. The van der Waals surface area contributed by atoms with Crippen LogP contribution < -0.4 is 4.74 Å². The molecular formula is C18H25N3O. The van der Waals surface area contributed by atoms with E-state index in [1.807, 2.05) is 6.20 Å². The van der Waals surface area contributed by atoms with Crippen LogP contribution in [0, 0.1) is 0 Å². The van der Waals surface area contributed by atoms with E-state index in [-0.39, 0.29) is 0 Å². The lowest BCUT2D eigenvalue weighted by atomic mass is 10.1. The van der Waals surface area contributed by atoms with Crippen molar-refractivity contribution >= 4 is 10.9 Å². The Labute approximate surface area is 131 Å². The molecule has 2 heterocycles. The van der Waals surface area contributed by atoms with E-state index < -0.39 is 0 Å². The van der Waals surface area contributed by atoms with Gasteiger partial charge in [0, 0.05) is 18.0 Å². The molecule has 1 aromatic carbocycles. The molecule has 0 radical (unpaired) electrons. The van der Waals surface area contributed by atoms with E-state index in [2.05, 4.69) is 33.3 Å². The van der Waals surface area contributed by atoms with E-state index >= 15 is 0 Å². The number of aromatic amines is 1. The van der Waals surface area contributed by atoms with E-state index in [0.717, 1.165) is 29.1 Å². The Hall–Kier alpha value is -1.55. The Morgan fingerprint density at radius 2 is 1.95 bits per heavy atom. The molecule has 4 nitrogen and oxygen atoms in total. The molecule has 1 unspecified atom stereocenters.